The zero-order chi connectivity index (χ0) is 22.2. The number of aromatic nitrogens is 4. The minimum Gasteiger partial charge on any atom is -0.363 e. The Bertz CT molecular complexity index is 1080. The van der Waals surface area contributed by atoms with E-state index in [0.29, 0.717) is 24.5 Å². The second-order valence-electron chi connectivity index (χ2n) is 7.55. The van der Waals surface area contributed by atoms with Crippen molar-refractivity contribution in [1.29, 1.82) is 0 Å². The van der Waals surface area contributed by atoms with Gasteiger partial charge in [-0.3, -0.25) is 4.98 Å². The van der Waals surface area contributed by atoms with E-state index in [1.165, 1.54) is 12.3 Å². The second kappa shape index (κ2) is 8.01. The molecule has 0 bridgehead atoms. The van der Waals surface area contributed by atoms with Crippen molar-refractivity contribution in [2.24, 2.45) is 0 Å². The maximum absolute atomic E-state index is 12.8. The molecule has 1 aliphatic rings. The molecule has 0 atom stereocenters. The van der Waals surface area contributed by atoms with Crippen molar-refractivity contribution >= 4 is 23.1 Å². The van der Waals surface area contributed by atoms with E-state index in [1.54, 1.807) is 12.4 Å². The van der Waals surface area contributed by atoms with E-state index in [4.69, 9.17) is 0 Å². The lowest BCUT2D eigenvalue weighted by molar-refractivity contribution is -0.141. The summed E-state index contributed by atoms with van der Waals surface area (Å²) in [5.41, 5.74) is 2.50. The highest BCUT2D eigenvalue weighted by atomic mass is 19.4. The Morgan fingerprint density at radius 2 is 1.87 bits per heavy atom. The normalized spacial score (nSPS) is 13.7. The first-order chi connectivity index (χ1) is 14.7. The van der Waals surface area contributed by atoms with Crippen molar-refractivity contribution in [2.45, 2.75) is 26.1 Å². The van der Waals surface area contributed by atoms with Crippen LogP contribution in [0.15, 0.2) is 36.8 Å². The average Bonchev–Trinajstić information content (AvgIpc) is 2.73. The van der Waals surface area contributed by atoms with Crippen molar-refractivity contribution in [1.82, 2.24) is 19.9 Å². The molecule has 1 N–H and O–H groups in total. The minimum atomic E-state index is -4.47. The molecule has 0 aromatic carbocycles. The molecule has 0 aliphatic carbocycles. The quantitative estimate of drug-likeness (QED) is 0.673. The topological polar surface area (TPSA) is 70.1 Å². The molecule has 3 aromatic rings. The van der Waals surface area contributed by atoms with Gasteiger partial charge in [0.15, 0.2) is 0 Å². The molecular weight excluding hydrogens is 407 g/mol. The van der Waals surface area contributed by atoms with E-state index in [9.17, 15) is 13.2 Å². The van der Waals surface area contributed by atoms with Crippen molar-refractivity contribution in [3.05, 3.63) is 59.3 Å². The highest BCUT2D eigenvalue weighted by Crippen LogP contribution is 2.33. The largest absolute Gasteiger partial charge is 0.433 e. The van der Waals surface area contributed by atoms with Crippen LogP contribution in [0.2, 0.25) is 0 Å². The lowest BCUT2D eigenvalue weighted by atomic mass is 10.00. The van der Waals surface area contributed by atoms with Crippen molar-refractivity contribution in [2.75, 3.05) is 35.8 Å². The molecule has 31 heavy (non-hydrogen) atoms. The number of hydrogen-bond acceptors (Lipinski definition) is 7. The average molecular weight is 429 g/mol. The van der Waals surface area contributed by atoms with Crippen LogP contribution in [0.4, 0.5) is 36.3 Å². The van der Waals surface area contributed by atoms with Crippen LogP contribution in [-0.2, 0) is 19.1 Å². The van der Waals surface area contributed by atoms with Gasteiger partial charge in [0.05, 0.1) is 17.6 Å². The smallest absolute Gasteiger partial charge is 0.363 e. The SMILES string of the molecule is Cc1nccnc1N1CCc2c(cc(N(C)C)nc2Nc2ccc(C(F)(F)F)nc2)C1. The third kappa shape index (κ3) is 4.37. The summed E-state index contributed by atoms with van der Waals surface area (Å²) >= 11 is 0. The summed E-state index contributed by atoms with van der Waals surface area (Å²) in [6.07, 6.45) is 0.771. The lowest BCUT2D eigenvalue weighted by Crippen LogP contribution is -2.32. The van der Waals surface area contributed by atoms with Crippen LogP contribution >= 0.6 is 0 Å². The summed E-state index contributed by atoms with van der Waals surface area (Å²) in [7, 11) is 3.79. The van der Waals surface area contributed by atoms with E-state index < -0.39 is 11.9 Å². The molecule has 4 heterocycles. The molecule has 162 valence electrons. The fourth-order valence-corrected chi connectivity index (χ4v) is 3.56. The Hall–Kier alpha value is -3.43. The number of nitrogens with one attached hydrogen (secondary N) is 1. The van der Waals surface area contributed by atoms with Gasteiger partial charge in [0.1, 0.15) is 23.1 Å². The number of fused-ring (bicyclic) bond motifs is 1. The van der Waals surface area contributed by atoms with Gasteiger partial charge in [-0.1, -0.05) is 0 Å². The predicted octanol–water partition coefficient (Wildman–Crippen LogP) is 3.97. The number of aryl methyl sites for hydroxylation is 1. The fourth-order valence-electron chi connectivity index (χ4n) is 3.56. The monoisotopic (exact) mass is 429 g/mol. The van der Waals surface area contributed by atoms with E-state index in [2.05, 4.69) is 30.2 Å². The summed E-state index contributed by atoms with van der Waals surface area (Å²) in [4.78, 5) is 21.1. The highest BCUT2D eigenvalue weighted by Gasteiger charge is 2.32. The Morgan fingerprint density at radius 3 is 2.52 bits per heavy atom. The van der Waals surface area contributed by atoms with Crippen LogP contribution in [0.1, 0.15) is 22.5 Å². The second-order valence-corrected chi connectivity index (χ2v) is 7.55. The molecule has 0 saturated heterocycles. The van der Waals surface area contributed by atoms with Crippen LogP contribution in [0.25, 0.3) is 0 Å². The predicted molar refractivity (Wildman–Crippen MR) is 113 cm³/mol. The number of alkyl halides is 3. The van der Waals surface area contributed by atoms with Gasteiger partial charge in [-0.05, 0) is 37.1 Å². The third-order valence-corrected chi connectivity index (χ3v) is 5.13. The molecule has 0 spiro atoms. The summed E-state index contributed by atoms with van der Waals surface area (Å²) in [6, 6.07) is 4.36. The maximum Gasteiger partial charge on any atom is 0.433 e. The molecule has 0 radical (unpaired) electrons. The number of hydrogen-bond donors (Lipinski definition) is 1. The number of pyridine rings is 2. The van der Waals surface area contributed by atoms with Gasteiger partial charge in [0, 0.05) is 45.1 Å². The van der Waals surface area contributed by atoms with Gasteiger partial charge >= 0.3 is 6.18 Å². The first kappa shape index (κ1) is 20.8. The summed E-state index contributed by atoms with van der Waals surface area (Å²) in [5.74, 6) is 2.22. The molecule has 0 amide bonds. The molecule has 10 heteroatoms. The zero-order valence-electron chi connectivity index (χ0n) is 17.4. The summed E-state index contributed by atoms with van der Waals surface area (Å²) < 4.78 is 38.4. The molecule has 1 aliphatic heterocycles. The number of anilines is 4. The molecule has 3 aromatic heterocycles. The summed E-state index contributed by atoms with van der Waals surface area (Å²) in [5, 5.41) is 3.16. The Kier molecular flexibility index (Phi) is 5.38. The highest BCUT2D eigenvalue weighted by molar-refractivity contribution is 5.65. The first-order valence-corrected chi connectivity index (χ1v) is 9.75. The van der Waals surface area contributed by atoms with E-state index in [-0.39, 0.29) is 0 Å². The van der Waals surface area contributed by atoms with Crippen LogP contribution < -0.4 is 15.1 Å². The van der Waals surface area contributed by atoms with Gasteiger partial charge < -0.3 is 15.1 Å². The fraction of sp³-hybridized carbons (Fsp3) is 0.333. The Morgan fingerprint density at radius 1 is 1.10 bits per heavy atom. The molecule has 0 saturated carbocycles. The molecular formula is C21H22F3N7. The minimum absolute atomic E-state index is 0.450. The summed E-state index contributed by atoms with van der Waals surface area (Å²) in [6.45, 7) is 3.30. The van der Waals surface area contributed by atoms with Gasteiger partial charge in [0.25, 0.3) is 0 Å². The van der Waals surface area contributed by atoms with Gasteiger partial charge in [-0.15, -0.1) is 0 Å². The van der Waals surface area contributed by atoms with E-state index >= 15 is 0 Å². The molecule has 0 fully saturated rings. The third-order valence-electron chi connectivity index (χ3n) is 5.13. The number of halogens is 3. The Labute approximate surface area is 178 Å². The van der Waals surface area contributed by atoms with Crippen molar-refractivity contribution in [3.63, 3.8) is 0 Å². The lowest BCUT2D eigenvalue weighted by Gasteiger charge is -2.32. The molecule has 4 rings (SSSR count). The maximum atomic E-state index is 12.8. The standard InChI is InChI=1S/C21H22F3N7/c1-13-20(26-8-7-25-13)31-9-6-16-14(12-31)10-18(30(2)3)29-19(16)28-15-4-5-17(27-11-15)21(22,23)24/h4-5,7-8,10-11H,6,9,12H2,1-3H3,(H,28,29). The molecule has 7 nitrogen and oxygen atoms in total. The molecule has 0 unspecified atom stereocenters. The van der Waals surface area contributed by atoms with Gasteiger partial charge in [0.2, 0.25) is 0 Å². The van der Waals surface area contributed by atoms with Gasteiger partial charge in [-0.2, -0.15) is 13.2 Å². The van der Waals surface area contributed by atoms with Crippen molar-refractivity contribution in [3.8, 4) is 0 Å². The van der Waals surface area contributed by atoms with E-state index in [0.717, 1.165) is 41.1 Å². The van der Waals surface area contributed by atoms with E-state index in [1.807, 2.05) is 32.0 Å². The van der Waals surface area contributed by atoms with Crippen LogP contribution in [0, 0.1) is 6.92 Å². The van der Waals surface area contributed by atoms with Crippen molar-refractivity contribution < 1.29 is 13.2 Å². The van der Waals surface area contributed by atoms with Crippen LogP contribution in [-0.4, -0.2) is 40.6 Å². The number of nitrogens with zero attached hydrogens (tertiary/aromatic N) is 6. The zero-order valence-corrected chi connectivity index (χ0v) is 17.4. The van der Waals surface area contributed by atoms with Crippen LogP contribution in [0.3, 0.4) is 0 Å². The van der Waals surface area contributed by atoms with Gasteiger partial charge in [-0.25, -0.2) is 15.0 Å². The Balaban J connectivity index is 1.66. The first-order valence-electron chi connectivity index (χ1n) is 9.75. The number of rotatable bonds is 4. The van der Waals surface area contributed by atoms with Crippen LogP contribution in [0.5, 0.6) is 0 Å².